The molecule has 1 aromatic carbocycles. The lowest BCUT2D eigenvalue weighted by Crippen LogP contribution is -2.38. The van der Waals surface area contributed by atoms with Crippen molar-refractivity contribution in [1.82, 2.24) is 10.2 Å². The normalized spacial score (nSPS) is 12.4. The molecule has 2 aromatic heterocycles. The molecule has 0 aliphatic rings. The number of carbonyl (C=O) groups is 1. The zero-order valence-electron chi connectivity index (χ0n) is 16.5. The van der Waals surface area contributed by atoms with E-state index in [9.17, 15) is 4.79 Å². The van der Waals surface area contributed by atoms with Crippen molar-refractivity contribution in [3.8, 4) is 0 Å². The summed E-state index contributed by atoms with van der Waals surface area (Å²) in [5.74, 6) is 2.11. The molecule has 3 rings (SSSR count). The van der Waals surface area contributed by atoms with Crippen molar-refractivity contribution in [3.05, 3.63) is 84.2 Å². The van der Waals surface area contributed by atoms with Gasteiger partial charge in [0.25, 0.3) is 0 Å². The number of rotatable bonds is 10. The van der Waals surface area contributed by atoms with Gasteiger partial charge in [-0.05, 0) is 42.2 Å². The van der Waals surface area contributed by atoms with E-state index in [-0.39, 0.29) is 18.5 Å². The molecule has 1 atom stereocenters. The van der Waals surface area contributed by atoms with Crippen molar-refractivity contribution in [2.24, 2.45) is 5.92 Å². The van der Waals surface area contributed by atoms with Gasteiger partial charge in [0, 0.05) is 0 Å². The molecule has 5 heteroatoms. The van der Waals surface area contributed by atoms with Gasteiger partial charge in [-0.3, -0.25) is 9.69 Å². The fraction of sp³-hybridized carbons (Fsp3) is 0.348. The van der Waals surface area contributed by atoms with Gasteiger partial charge >= 0.3 is 0 Å². The Morgan fingerprint density at radius 1 is 0.929 bits per heavy atom. The van der Waals surface area contributed by atoms with Crippen LogP contribution >= 0.6 is 0 Å². The van der Waals surface area contributed by atoms with Crippen molar-refractivity contribution < 1.29 is 13.6 Å². The van der Waals surface area contributed by atoms with Gasteiger partial charge < -0.3 is 14.2 Å². The molecule has 0 aliphatic carbocycles. The molecule has 148 valence electrons. The van der Waals surface area contributed by atoms with Crippen molar-refractivity contribution in [2.45, 2.75) is 39.4 Å². The predicted molar refractivity (Wildman–Crippen MR) is 108 cm³/mol. The maximum Gasteiger partial charge on any atom is 0.234 e. The number of nitrogens with one attached hydrogen (secondary N) is 1. The summed E-state index contributed by atoms with van der Waals surface area (Å²) in [6.45, 7) is 5.69. The third-order valence-electron chi connectivity index (χ3n) is 4.53. The number of nitrogens with zero attached hydrogens (tertiary/aromatic N) is 1. The van der Waals surface area contributed by atoms with Crippen LogP contribution < -0.4 is 5.32 Å². The number of furan rings is 2. The van der Waals surface area contributed by atoms with E-state index in [1.54, 1.807) is 12.5 Å². The minimum absolute atomic E-state index is 0.00257. The van der Waals surface area contributed by atoms with Crippen LogP contribution in [-0.2, 0) is 17.9 Å². The van der Waals surface area contributed by atoms with E-state index in [2.05, 4.69) is 31.3 Å². The summed E-state index contributed by atoms with van der Waals surface area (Å²) in [6.07, 6.45) is 4.19. The third-order valence-corrected chi connectivity index (χ3v) is 4.53. The van der Waals surface area contributed by atoms with Gasteiger partial charge in [0.05, 0.1) is 38.2 Å². The number of hydrogen-bond acceptors (Lipinski definition) is 4. The Morgan fingerprint density at radius 3 is 2.04 bits per heavy atom. The molecule has 0 saturated heterocycles. The highest BCUT2D eigenvalue weighted by Crippen LogP contribution is 2.21. The Hall–Kier alpha value is -2.79. The predicted octanol–water partition coefficient (Wildman–Crippen LogP) is 4.78. The number of amides is 1. The second-order valence-corrected chi connectivity index (χ2v) is 7.46. The van der Waals surface area contributed by atoms with E-state index in [1.807, 2.05) is 47.4 Å². The summed E-state index contributed by atoms with van der Waals surface area (Å²) < 4.78 is 10.9. The van der Waals surface area contributed by atoms with Crippen LogP contribution in [0, 0.1) is 5.92 Å². The van der Waals surface area contributed by atoms with Crippen LogP contribution in [0.2, 0.25) is 0 Å². The number of carbonyl (C=O) groups excluding carboxylic acids is 1. The standard InChI is InChI=1S/C23H28N2O3/c1-18(2)14-22(19-8-4-3-5-9-19)24-23(26)17-25(15-20-10-6-12-27-20)16-21-11-7-13-28-21/h3-13,18,22H,14-17H2,1-2H3,(H,24,26). The average molecular weight is 380 g/mol. The first kappa shape index (κ1) is 20.0. The van der Waals surface area contributed by atoms with E-state index in [4.69, 9.17) is 8.83 Å². The summed E-state index contributed by atoms with van der Waals surface area (Å²) in [5.41, 5.74) is 1.13. The molecule has 0 spiro atoms. The topological polar surface area (TPSA) is 58.6 Å². The van der Waals surface area contributed by atoms with Crippen molar-refractivity contribution in [2.75, 3.05) is 6.54 Å². The Bertz CT molecular complexity index is 775. The average Bonchev–Trinajstić information content (AvgIpc) is 3.35. The van der Waals surface area contributed by atoms with Gasteiger partial charge in [0.1, 0.15) is 11.5 Å². The molecule has 0 saturated carbocycles. The minimum Gasteiger partial charge on any atom is -0.468 e. The Morgan fingerprint density at radius 2 is 1.54 bits per heavy atom. The Balaban J connectivity index is 1.66. The van der Waals surface area contributed by atoms with Gasteiger partial charge in [-0.25, -0.2) is 0 Å². The maximum absolute atomic E-state index is 12.9. The fourth-order valence-electron chi connectivity index (χ4n) is 3.29. The smallest absolute Gasteiger partial charge is 0.234 e. The number of benzene rings is 1. The highest BCUT2D eigenvalue weighted by molar-refractivity contribution is 5.78. The van der Waals surface area contributed by atoms with E-state index < -0.39 is 0 Å². The molecule has 28 heavy (non-hydrogen) atoms. The Labute approximate surface area is 166 Å². The molecule has 5 nitrogen and oxygen atoms in total. The monoisotopic (exact) mass is 380 g/mol. The van der Waals surface area contributed by atoms with E-state index in [0.717, 1.165) is 23.5 Å². The first-order valence-corrected chi connectivity index (χ1v) is 9.71. The van der Waals surface area contributed by atoms with E-state index in [0.29, 0.717) is 19.0 Å². The van der Waals surface area contributed by atoms with Crippen LogP contribution in [0.25, 0.3) is 0 Å². The van der Waals surface area contributed by atoms with Gasteiger partial charge in [0.15, 0.2) is 0 Å². The second-order valence-electron chi connectivity index (χ2n) is 7.46. The minimum atomic E-state index is -0.00684. The zero-order chi connectivity index (χ0) is 19.8. The second kappa shape index (κ2) is 9.95. The lowest BCUT2D eigenvalue weighted by atomic mass is 9.97. The molecule has 1 amide bonds. The van der Waals surface area contributed by atoms with Gasteiger partial charge in [-0.15, -0.1) is 0 Å². The van der Waals surface area contributed by atoms with E-state index >= 15 is 0 Å². The molecular formula is C23H28N2O3. The lowest BCUT2D eigenvalue weighted by Gasteiger charge is -2.24. The molecule has 2 heterocycles. The summed E-state index contributed by atoms with van der Waals surface area (Å²) >= 11 is 0. The van der Waals surface area contributed by atoms with Crippen LogP contribution in [-0.4, -0.2) is 17.4 Å². The van der Waals surface area contributed by atoms with Gasteiger partial charge in [-0.2, -0.15) is 0 Å². The van der Waals surface area contributed by atoms with E-state index in [1.165, 1.54) is 0 Å². The summed E-state index contributed by atoms with van der Waals surface area (Å²) in [7, 11) is 0. The molecule has 0 bridgehead atoms. The Kier molecular flexibility index (Phi) is 7.09. The van der Waals surface area contributed by atoms with Crippen LogP contribution in [0.15, 0.2) is 76.0 Å². The third kappa shape index (κ3) is 6.13. The fourth-order valence-corrected chi connectivity index (χ4v) is 3.29. The largest absolute Gasteiger partial charge is 0.468 e. The van der Waals surface area contributed by atoms with Gasteiger partial charge in [-0.1, -0.05) is 44.2 Å². The maximum atomic E-state index is 12.9. The molecule has 1 N–H and O–H groups in total. The molecule has 1 unspecified atom stereocenters. The lowest BCUT2D eigenvalue weighted by molar-refractivity contribution is -0.123. The van der Waals surface area contributed by atoms with Gasteiger partial charge in [0.2, 0.25) is 5.91 Å². The van der Waals surface area contributed by atoms with Crippen molar-refractivity contribution in [1.29, 1.82) is 0 Å². The number of hydrogen-bond donors (Lipinski definition) is 1. The summed E-state index contributed by atoms with van der Waals surface area (Å²) in [5, 5.41) is 3.21. The van der Waals surface area contributed by atoms with Crippen molar-refractivity contribution >= 4 is 5.91 Å². The highest BCUT2D eigenvalue weighted by Gasteiger charge is 2.19. The molecule has 0 radical (unpaired) electrons. The first-order chi connectivity index (χ1) is 13.6. The van der Waals surface area contributed by atoms with Crippen LogP contribution in [0.1, 0.15) is 43.4 Å². The molecule has 3 aromatic rings. The molecular weight excluding hydrogens is 352 g/mol. The first-order valence-electron chi connectivity index (χ1n) is 9.71. The van der Waals surface area contributed by atoms with Crippen LogP contribution in [0.3, 0.4) is 0 Å². The summed E-state index contributed by atoms with van der Waals surface area (Å²) in [4.78, 5) is 14.9. The summed E-state index contributed by atoms with van der Waals surface area (Å²) in [6, 6.07) is 17.7. The van der Waals surface area contributed by atoms with Crippen molar-refractivity contribution in [3.63, 3.8) is 0 Å². The molecule has 0 fully saturated rings. The van der Waals surface area contributed by atoms with Crippen LogP contribution in [0.4, 0.5) is 0 Å². The highest BCUT2D eigenvalue weighted by atomic mass is 16.3. The SMILES string of the molecule is CC(C)CC(NC(=O)CN(Cc1ccco1)Cc1ccco1)c1ccccc1. The van der Waals surface area contributed by atoms with Crippen LogP contribution in [0.5, 0.6) is 0 Å². The quantitative estimate of drug-likeness (QED) is 0.550. The molecule has 0 aliphatic heterocycles. The zero-order valence-corrected chi connectivity index (χ0v) is 16.5.